The van der Waals surface area contributed by atoms with E-state index in [4.69, 9.17) is 9.47 Å². The summed E-state index contributed by atoms with van der Waals surface area (Å²) in [7, 11) is 1.69. The normalized spacial score (nSPS) is 14.2. The second kappa shape index (κ2) is 8.08. The van der Waals surface area contributed by atoms with Gasteiger partial charge in [0.05, 0.1) is 12.7 Å². The number of rotatable bonds is 8. The predicted molar refractivity (Wildman–Crippen MR) is 71.8 cm³/mol. The van der Waals surface area contributed by atoms with Crippen molar-refractivity contribution in [1.29, 1.82) is 0 Å². The largest absolute Gasteiger partial charge is 0.488 e. The maximum atomic E-state index is 9.40. The molecular formula is C14H23NO3. The number of methoxy groups -OCH3 is 1. The Hall–Kier alpha value is -1.10. The number of ether oxygens (including phenoxy) is 2. The summed E-state index contributed by atoms with van der Waals surface area (Å²) in [5, 5.41) is 12.7. The lowest BCUT2D eigenvalue weighted by molar-refractivity contribution is 0.0604. The molecule has 0 amide bonds. The molecular weight excluding hydrogens is 230 g/mol. The van der Waals surface area contributed by atoms with Crippen LogP contribution in [0.5, 0.6) is 5.75 Å². The Morgan fingerprint density at radius 1 is 1.33 bits per heavy atom. The fourth-order valence-corrected chi connectivity index (χ4v) is 1.45. The summed E-state index contributed by atoms with van der Waals surface area (Å²) < 4.78 is 10.6. The van der Waals surface area contributed by atoms with E-state index in [1.165, 1.54) is 0 Å². The lowest BCUT2D eigenvalue weighted by Gasteiger charge is -2.17. The standard InChI is InChI=1S/C14H23NO3/c1-11(16)12(2)18-14-6-4-5-13(9-14)10-15-7-8-17-3/h4-6,9,11-12,15-16H,7-8,10H2,1-3H3. The van der Waals surface area contributed by atoms with Crippen molar-refractivity contribution in [3.05, 3.63) is 29.8 Å². The zero-order chi connectivity index (χ0) is 13.4. The van der Waals surface area contributed by atoms with E-state index in [-0.39, 0.29) is 6.10 Å². The molecule has 0 saturated heterocycles. The molecule has 0 spiro atoms. The second-order valence-electron chi connectivity index (χ2n) is 4.38. The molecule has 0 aliphatic carbocycles. The van der Waals surface area contributed by atoms with Crippen molar-refractivity contribution in [2.24, 2.45) is 0 Å². The zero-order valence-electron chi connectivity index (χ0n) is 11.3. The lowest BCUT2D eigenvalue weighted by Crippen LogP contribution is -2.25. The van der Waals surface area contributed by atoms with E-state index in [1.54, 1.807) is 14.0 Å². The average molecular weight is 253 g/mol. The second-order valence-corrected chi connectivity index (χ2v) is 4.38. The molecule has 2 atom stereocenters. The highest BCUT2D eigenvalue weighted by atomic mass is 16.5. The lowest BCUT2D eigenvalue weighted by atomic mass is 10.2. The van der Waals surface area contributed by atoms with E-state index >= 15 is 0 Å². The van der Waals surface area contributed by atoms with Gasteiger partial charge in [0, 0.05) is 20.2 Å². The highest BCUT2D eigenvalue weighted by Crippen LogP contribution is 2.15. The van der Waals surface area contributed by atoms with Crippen molar-refractivity contribution >= 4 is 0 Å². The Bertz CT molecular complexity index is 342. The summed E-state index contributed by atoms with van der Waals surface area (Å²) in [4.78, 5) is 0. The fourth-order valence-electron chi connectivity index (χ4n) is 1.45. The van der Waals surface area contributed by atoms with E-state index in [1.807, 2.05) is 31.2 Å². The van der Waals surface area contributed by atoms with Crippen LogP contribution in [-0.4, -0.2) is 37.6 Å². The van der Waals surface area contributed by atoms with Gasteiger partial charge in [-0.25, -0.2) is 0 Å². The molecule has 4 nitrogen and oxygen atoms in total. The minimum absolute atomic E-state index is 0.207. The molecule has 2 unspecified atom stereocenters. The van der Waals surface area contributed by atoms with Crippen molar-refractivity contribution in [1.82, 2.24) is 5.32 Å². The SMILES string of the molecule is COCCNCc1cccc(OC(C)C(C)O)c1. The fraction of sp³-hybridized carbons (Fsp3) is 0.571. The number of aliphatic hydroxyl groups excluding tert-OH is 1. The van der Waals surface area contributed by atoms with Gasteiger partial charge in [0.15, 0.2) is 0 Å². The maximum Gasteiger partial charge on any atom is 0.121 e. The van der Waals surface area contributed by atoms with Crippen LogP contribution in [0.25, 0.3) is 0 Å². The molecule has 4 heteroatoms. The first kappa shape index (κ1) is 15.0. The van der Waals surface area contributed by atoms with E-state index in [0.29, 0.717) is 6.61 Å². The zero-order valence-corrected chi connectivity index (χ0v) is 11.3. The van der Waals surface area contributed by atoms with E-state index < -0.39 is 6.10 Å². The minimum atomic E-state index is -0.478. The number of hydrogen-bond donors (Lipinski definition) is 2. The molecule has 0 heterocycles. The monoisotopic (exact) mass is 253 g/mol. The summed E-state index contributed by atoms with van der Waals surface area (Å²) in [5.74, 6) is 0.787. The summed E-state index contributed by atoms with van der Waals surface area (Å²) in [6.45, 7) is 5.89. The van der Waals surface area contributed by atoms with Crippen LogP contribution in [0.1, 0.15) is 19.4 Å². The molecule has 0 aromatic heterocycles. The van der Waals surface area contributed by atoms with Crippen LogP contribution in [-0.2, 0) is 11.3 Å². The molecule has 1 rings (SSSR count). The molecule has 1 aromatic rings. The highest BCUT2D eigenvalue weighted by molar-refractivity contribution is 5.28. The molecule has 0 bridgehead atoms. The molecule has 18 heavy (non-hydrogen) atoms. The van der Waals surface area contributed by atoms with Crippen molar-refractivity contribution < 1.29 is 14.6 Å². The Morgan fingerprint density at radius 2 is 2.11 bits per heavy atom. The summed E-state index contributed by atoms with van der Waals surface area (Å²) >= 11 is 0. The first-order valence-corrected chi connectivity index (χ1v) is 6.27. The van der Waals surface area contributed by atoms with Crippen LogP contribution >= 0.6 is 0 Å². The summed E-state index contributed by atoms with van der Waals surface area (Å²) in [5.41, 5.74) is 1.15. The molecule has 0 aliphatic heterocycles. The van der Waals surface area contributed by atoms with Gasteiger partial charge in [-0.1, -0.05) is 12.1 Å². The topological polar surface area (TPSA) is 50.7 Å². The quantitative estimate of drug-likeness (QED) is 0.691. The Balaban J connectivity index is 2.46. The van der Waals surface area contributed by atoms with Gasteiger partial charge >= 0.3 is 0 Å². The Kier molecular flexibility index (Phi) is 6.72. The van der Waals surface area contributed by atoms with Gasteiger partial charge in [-0.3, -0.25) is 0 Å². The van der Waals surface area contributed by atoms with Gasteiger partial charge in [-0.2, -0.15) is 0 Å². The molecule has 0 fully saturated rings. The molecule has 102 valence electrons. The van der Waals surface area contributed by atoms with Crippen LogP contribution in [0.3, 0.4) is 0 Å². The van der Waals surface area contributed by atoms with Crippen molar-refractivity contribution in [2.75, 3.05) is 20.3 Å². The van der Waals surface area contributed by atoms with Crippen molar-refractivity contribution in [2.45, 2.75) is 32.6 Å². The molecule has 0 saturated carbocycles. The van der Waals surface area contributed by atoms with Gasteiger partial charge in [0.25, 0.3) is 0 Å². The number of nitrogens with one attached hydrogen (secondary N) is 1. The molecule has 0 radical (unpaired) electrons. The number of aliphatic hydroxyl groups is 1. The third-order valence-electron chi connectivity index (χ3n) is 2.71. The third kappa shape index (κ3) is 5.49. The van der Waals surface area contributed by atoms with Gasteiger partial charge < -0.3 is 19.9 Å². The predicted octanol–water partition coefficient (Wildman–Crippen LogP) is 1.57. The highest BCUT2D eigenvalue weighted by Gasteiger charge is 2.10. The first-order valence-electron chi connectivity index (χ1n) is 6.27. The third-order valence-corrected chi connectivity index (χ3v) is 2.71. The van der Waals surface area contributed by atoms with Crippen LogP contribution < -0.4 is 10.1 Å². The first-order chi connectivity index (χ1) is 8.63. The van der Waals surface area contributed by atoms with Gasteiger partial charge in [0.2, 0.25) is 0 Å². The van der Waals surface area contributed by atoms with Crippen LogP contribution in [0, 0.1) is 0 Å². The van der Waals surface area contributed by atoms with Crippen LogP contribution in [0.2, 0.25) is 0 Å². The average Bonchev–Trinajstić information content (AvgIpc) is 2.35. The summed E-state index contributed by atoms with van der Waals surface area (Å²) in [6, 6.07) is 7.88. The van der Waals surface area contributed by atoms with Crippen molar-refractivity contribution in [3.8, 4) is 5.75 Å². The van der Waals surface area contributed by atoms with Gasteiger partial charge in [0.1, 0.15) is 11.9 Å². The number of benzene rings is 1. The number of hydrogen-bond acceptors (Lipinski definition) is 4. The minimum Gasteiger partial charge on any atom is -0.488 e. The maximum absolute atomic E-state index is 9.40. The van der Waals surface area contributed by atoms with Crippen LogP contribution in [0.15, 0.2) is 24.3 Å². The van der Waals surface area contributed by atoms with Gasteiger partial charge in [-0.15, -0.1) is 0 Å². The molecule has 1 aromatic carbocycles. The van der Waals surface area contributed by atoms with E-state index in [0.717, 1.165) is 24.4 Å². The smallest absolute Gasteiger partial charge is 0.121 e. The summed E-state index contributed by atoms with van der Waals surface area (Å²) in [6.07, 6.45) is -0.685. The Morgan fingerprint density at radius 3 is 2.78 bits per heavy atom. The van der Waals surface area contributed by atoms with E-state index in [9.17, 15) is 5.11 Å². The van der Waals surface area contributed by atoms with E-state index in [2.05, 4.69) is 5.32 Å². The van der Waals surface area contributed by atoms with Crippen LogP contribution in [0.4, 0.5) is 0 Å². The van der Waals surface area contributed by atoms with Gasteiger partial charge in [-0.05, 0) is 31.5 Å². The Labute approximate surface area is 109 Å². The molecule has 2 N–H and O–H groups in total. The van der Waals surface area contributed by atoms with Crippen molar-refractivity contribution in [3.63, 3.8) is 0 Å². The molecule has 0 aliphatic rings.